The summed E-state index contributed by atoms with van der Waals surface area (Å²) in [4.78, 5) is 0. The first-order valence-electron chi connectivity index (χ1n) is 5.91. The quantitative estimate of drug-likeness (QED) is 0.571. The predicted molar refractivity (Wildman–Crippen MR) is 65.4 cm³/mol. The van der Waals surface area contributed by atoms with Gasteiger partial charge in [0.15, 0.2) is 0 Å². The Morgan fingerprint density at radius 1 is 1.27 bits per heavy atom. The molecule has 0 radical (unpaired) electrons. The minimum atomic E-state index is 0.346. The second-order valence-electron chi connectivity index (χ2n) is 4.60. The zero-order valence-electron chi connectivity index (χ0n) is 9.55. The van der Waals surface area contributed by atoms with Crippen molar-refractivity contribution in [1.29, 1.82) is 0 Å². The van der Waals surface area contributed by atoms with E-state index >= 15 is 0 Å². The van der Waals surface area contributed by atoms with Crippen molar-refractivity contribution in [3.05, 3.63) is 0 Å². The van der Waals surface area contributed by atoms with Gasteiger partial charge in [-0.2, -0.15) is 0 Å². The minimum absolute atomic E-state index is 0.346. The van der Waals surface area contributed by atoms with Gasteiger partial charge in [-0.1, -0.05) is 6.42 Å². The molecule has 4 N–H and O–H groups in total. The van der Waals surface area contributed by atoms with Gasteiger partial charge in [0.25, 0.3) is 0 Å². The Hall–Kier alpha value is 0.190. The van der Waals surface area contributed by atoms with E-state index in [2.05, 4.69) is 35.3 Å². The Morgan fingerprint density at radius 3 is 2.80 bits per heavy atom. The standard InChI is InChI=1S/C10H22N4S/c1-7(2)12-10-14-13-9(15-10)8-5-3-4-6-11-8/h7-14H,3-6H2,1-2H3. The average Bonchev–Trinajstić information content (AvgIpc) is 2.67. The van der Waals surface area contributed by atoms with Crippen LogP contribution in [0, 0.1) is 0 Å². The van der Waals surface area contributed by atoms with Gasteiger partial charge >= 0.3 is 0 Å². The SMILES string of the molecule is CC(C)NC1NNC(C2CCCCN2)S1. The van der Waals surface area contributed by atoms with E-state index in [0.717, 1.165) is 0 Å². The van der Waals surface area contributed by atoms with Crippen LogP contribution in [0.25, 0.3) is 0 Å². The second kappa shape index (κ2) is 5.50. The lowest BCUT2D eigenvalue weighted by Gasteiger charge is -2.27. The monoisotopic (exact) mass is 230 g/mol. The molecule has 0 spiro atoms. The number of thioether (sulfide) groups is 1. The molecule has 15 heavy (non-hydrogen) atoms. The molecule has 2 saturated heterocycles. The predicted octanol–water partition coefficient (Wildman–Crippen LogP) is 0.577. The smallest absolute Gasteiger partial charge is 0.120 e. The Kier molecular flexibility index (Phi) is 4.28. The Morgan fingerprint density at radius 2 is 2.13 bits per heavy atom. The van der Waals surface area contributed by atoms with E-state index in [9.17, 15) is 0 Å². The number of hydrazine groups is 1. The summed E-state index contributed by atoms with van der Waals surface area (Å²) in [5, 5.41) is 7.56. The third kappa shape index (κ3) is 3.32. The van der Waals surface area contributed by atoms with Crippen LogP contribution in [0.15, 0.2) is 0 Å². The van der Waals surface area contributed by atoms with Crippen LogP contribution in [-0.2, 0) is 0 Å². The lowest BCUT2D eigenvalue weighted by atomic mass is 10.1. The number of rotatable bonds is 3. The van der Waals surface area contributed by atoms with Crippen LogP contribution in [0.4, 0.5) is 0 Å². The highest BCUT2D eigenvalue weighted by molar-refractivity contribution is 8.00. The van der Waals surface area contributed by atoms with Gasteiger partial charge in [0.1, 0.15) is 5.50 Å². The van der Waals surface area contributed by atoms with Crippen LogP contribution >= 0.6 is 11.8 Å². The molecule has 0 saturated carbocycles. The molecule has 4 nitrogen and oxygen atoms in total. The molecule has 0 amide bonds. The lowest BCUT2D eigenvalue weighted by molar-refractivity contribution is 0.350. The fourth-order valence-electron chi connectivity index (χ4n) is 2.09. The topological polar surface area (TPSA) is 48.1 Å². The average molecular weight is 230 g/mol. The first-order valence-corrected chi connectivity index (χ1v) is 6.86. The molecule has 3 atom stereocenters. The summed E-state index contributed by atoms with van der Waals surface area (Å²) in [7, 11) is 0. The largest absolute Gasteiger partial charge is 0.312 e. The molecule has 88 valence electrons. The van der Waals surface area contributed by atoms with Crippen molar-refractivity contribution in [2.75, 3.05) is 6.54 Å². The van der Waals surface area contributed by atoms with E-state index in [1.165, 1.54) is 25.8 Å². The van der Waals surface area contributed by atoms with Gasteiger partial charge in [-0.3, -0.25) is 5.32 Å². The summed E-state index contributed by atoms with van der Waals surface area (Å²) in [5.74, 6) is 0. The van der Waals surface area contributed by atoms with Crippen LogP contribution < -0.4 is 21.5 Å². The molecule has 0 aromatic heterocycles. The first-order chi connectivity index (χ1) is 7.25. The van der Waals surface area contributed by atoms with Gasteiger partial charge in [0.05, 0.1) is 5.37 Å². The van der Waals surface area contributed by atoms with Gasteiger partial charge in [0, 0.05) is 12.1 Å². The summed E-state index contributed by atoms with van der Waals surface area (Å²) in [6.45, 7) is 5.52. The molecule has 2 fully saturated rings. The molecule has 0 aromatic rings. The molecule has 2 aliphatic rings. The van der Waals surface area contributed by atoms with Gasteiger partial charge in [0.2, 0.25) is 0 Å². The molecule has 2 aliphatic heterocycles. The van der Waals surface area contributed by atoms with E-state index in [0.29, 0.717) is 23.0 Å². The van der Waals surface area contributed by atoms with Gasteiger partial charge in [-0.25, -0.2) is 10.9 Å². The highest BCUT2D eigenvalue weighted by atomic mass is 32.2. The van der Waals surface area contributed by atoms with Gasteiger partial charge < -0.3 is 5.32 Å². The minimum Gasteiger partial charge on any atom is -0.312 e. The first kappa shape index (κ1) is 11.7. The molecular formula is C10H22N4S. The Bertz CT molecular complexity index is 194. The summed E-state index contributed by atoms with van der Waals surface area (Å²) in [6.07, 6.45) is 3.98. The van der Waals surface area contributed by atoms with Crippen molar-refractivity contribution < 1.29 is 0 Å². The summed E-state index contributed by atoms with van der Waals surface area (Å²) < 4.78 is 0. The normalized spacial score (nSPS) is 37.4. The molecular weight excluding hydrogens is 208 g/mol. The van der Waals surface area contributed by atoms with E-state index < -0.39 is 0 Å². The highest BCUT2D eigenvalue weighted by Crippen LogP contribution is 2.24. The van der Waals surface area contributed by atoms with Crippen molar-refractivity contribution >= 4 is 11.8 Å². The number of hydrogen-bond donors (Lipinski definition) is 4. The third-order valence-electron chi connectivity index (χ3n) is 2.84. The molecule has 0 aromatic carbocycles. The van der Waals surface area contributed by atoms with Crippen molar-refractivity contribution in [3.63, 3.8) is 0 Å². The van der Waals surface area contributed by atoms with Crippen molar-refractivity contribution in [3.8, 4) is 0 Å². The fourth-order valence-corrected chi connectivity index (χ4v) is 3.43. The maximum Gasteiger partial charge on any atom is 0.120 e. The van der Waals surface area contributed by atoms with Crippen LogP contribution in [0.5, 0.6) is 0 Å². The zero-order chi connectivity index (χ0) is 10.7. The third-order valence-corrected chi connectivity index (χ3v) is 4.10. The van der Waals surface area contributed by atoms with Gasteiger partial charge in [-0.05, 0) is 33.2 Å². The molecule has 0 aliphatic carbocycles. The Balaban J connectivity index is 1.76. The van der Waals surface area contributed by atoms with Crippen molar-refractivity contribution in [1.82, 2.24) is 21.5 Å². The summed E-state index contributed by atoms with van der Waals surface area (Å²) in [6, 6.07) is 1.14. The van der Waals surface area contributed by atoms with Crippen LogP contribution in [-0.4, -0.2) is 29.5 Å². The van der Waals surface area contributed by atoms with E-state index in [1.807, 2.05) is 11.8 Å². The van der Waals surface area contributed by atoms with Crippen LogP contribution in [0.1, 0.15) is 33.1 Å². The van der Waals surface area contributed by atoms with Crippen LogP contribution in [0.3, 0.4) is 0 Å². The maximum absolute atomic E-state index is 3.58. The highest BCUT2D eigenvalue weighted by Gasteiger charge is 2.31. The van der Waals surface area contributed by atoms with E-state index in [-0.39, 0.29) is 0 Å². The Labute approximate surface area is 96.3 Å². The summed E-state index contributed by atoms with van der Waals surface area (Å²) in [5.41, 5.74) is 7.01. The van der Waals surface area contributed by atoms with Gasteiger partial charge in [-0.15, -0.1) is 11.8 Å². The second-order valence-corrected chi connectivity index (χ2v) is 5.85. The van der Waals surface area contributed by atoms with Crippen molar-refractivity contribution in [2.24, 2.45) is 0 Å². The fraction of sp³-hybridized carbons (Fsp3) is 1.00. The lowest BCUT2D eigenvalue weighted by Crippen LogP contribution is -2.49. The molecule has 2 heterocycles. The molecule has 0 bridgehead atoms. The van der Waals surface area contributed by atoms with Crippen molar-refractivity contribution in [2.45, 2.75) is 56.1 Å². The molecule has 3 unspecified atom stereocenters. The number of hydrogen-bond acceptors (Lipinski definition) is 5. The molecule has 2 rings (SSSR count). The van der Waals surface area contributed by atoms with Crippen LogP contribution in [0.2, 0.25) is 0 Å². The summed E-state index contributed by atoms with van der Waals surface area (Å²) >= 11 is 1.95. The zero-order valence-corrected chi connectivity index (χ0v) is 10.4. The number of nitrogens with one attached hydrogen (secondary N) is 4. The van der Waals surface area contributed by atoms with E-state index in [1.54, 1.807) is 0 Å². The van der Waals surface area contributed by atoms with E-state index in [4.69, 9.17) is 0 Å². The molecule has 5 heteroatoms. The number of piperidine rings is 1. The maximum atomic E-state index is 3.58.